The van der Waals surface area contributed by atoms with Crippen LogP contribution in [0, 0.1) is 23.4 Å². The predicted molar refractivity (Wildman–Crippen MR) is 90.5 cm³/mol. The van der Waals surface area contributed by atoms with Gasteiger partial charge in [-0.05, 0) is 73.7 Å². The molecule has 1 atom stereocenters. The largest absolute Gasteiger partial charge is 0.299 e. The van der Waals surface area contributed by atoms with Crippen LogP contribution in [0.1, 0.15) is 35.3 Å². The minimum atomic E-state index is -0.126. The Kier molecular flexibility index (Phi) is 3.81. The maximum absolute atomic E-state index is 13.8. The molecular weight excluding hydrogens is 380 g/mol. The van der Waals surface area contributed by atoms with Gasteiger partial charge in [-0.3, -0.25) is 4.90 Å². The molecule has 1 aliphatic heterocycles. The van der Waals surface area contributed by atoms with Gasteiger partial charge in [0.2, 0.25) is 0 Å². The smallest absolute Gasteiger partial charge is 0.129 e. The number of rotatable bonds is 1. The van der Waals surface area contributed by atoms with Crippen LogP contribution >= 0.6 is 22.6 Å². The lowest BCUT2D eigenvalue weighted by atomic mass is 10.0. The van der Waals surface area contributed by atoms with Crippen LogP contribution in [-0.2, 0) is 6.42 Å². The Bertz CT molecular complexity index is 685. The molecule has 0 N–H and O–H groups in total. The maximum Gasteiger partial charge on any atom is 0.129 e. The van der Waals surface area contributed by atoms with Gasteiger partial charge in [0.1, 0.15) is 9.52 Å². The Balaban J connectivity index is 2.15. The first kappa shape index (κ1) is 15.0. The summed E-state index contributed by atoms with van der Waals surface area (Å²) < 4.78 is 16.9. The summed E-state index contributed by atoms with van der Waals surface area (Å²) in [5.41, 5.74) is 4.76. The average Bonchev–Trinajstić information content (AvgIpc) is 2.77. The van der Waals surface area contributed by atoms with Crippen LogP contribution in [0.15, 0.2) is 12.1 Å². The molecule has 1 aromatic heterocycles. The highest BCUT2D eigenvalue weighted by atomic mass is 127. The molecule has 112 valence electrons. The van der Waals surface area contributed by atoms with E-state index in [1.807, 2.05) is 16.8 Å². The number of nitrogens with zero attached hydrogens (tertiary/aromatic N) is 3. The van der Waals surface area contributed by atoms with Gasteiger partial charge in [0, 0.05) is 24.6 Å². The molecule has 3 rings (SSSR count). The molecule has 0 unspecified atom stereocenters. The second-order valence-electron chi connectivity index (χ2n) is 5.86. The van der Waals surface area contributed by atoms with E-state index in [1.54, 1.807) is 13.8 Å². The normalized spacial score (nSPS) is 18.9. The van der Waals surface area contributed by atoms with Crippen molar-refractivity contribution >= 4 is 22.6 Å². The van der Waals surface area contributed by atoms with Crippen molar-refractivity contribution < 1.29 is 4.39 Å². The van der Waals surface area contributed by atoms with Gasteiger partial charge in [-0.25, -0.2) is 9.07 Å². The minimum Gasteiger partial charge on any atom is -0.299 e. The summed E-state index contributed by atoms with van der Waals surface area (Å²) in [6.07, 6.45) is 0.971. The van der Waals surface area contributed by atoms with Gasteiger partial charge in [-0.15, -0.1) is 0 Å². The summed E-state index contributed by atoms with van der Waals surface area (Å²) in [5.74, 6) is -0.126. The van der Waals surface area contributed by atoms with Crippen molar-refractivity contribution in [2.45, 2.75) is 33.2 Å². The Labute approximate surface area is 138 Å². The lowest BCUT2D eigenvalue weighted by Gasteiger charge is -2.29. The van der Waals surface area contributed by atoms with Crippen LogP contribution in [0.4, 0.5) is 4.39 Å². The summed E-state index contributed by atoms with van der Waals surface area (Å²) in [5, 5.41) is 4.78. The molecule has 0 bridgehead atoms. The number of benzene rings is 1. The van der Waals surface area contributed by atoms with Gasteiger partial charge >= 0.3 is 0 Å². The number of hydrogen-bond donors (Lipinski definition) is 0. The van der Waals surface area contributed by atoms with E-state index in [0.717, 1.165) is 22.4 Å². The molecule has 3 nitrogen and oxygen atoms in total. The summed E-state index contributed by atoms with van der Waals surface area (Å²) >= 11 is 2.36. The molecule has 0 amide bonds. The molecule has 0 radical (unpaired) electrons. The van der Waals surface area contributed by atoms with Gasteiger partial charge in [0.15, 0.2) is 0 Å². The van der Waals surface area contributed by atoms with Gasteiger partial charge in [-0.2, -0.15) is 5.10 Å². The average molecular weight is 399 g/mol. The topological polar surface area (TPSA) is 21.1 Å². The van der Waals surface area contributed by atoms with E-state index in [1.165, 1.54) is 11.3 Å². The number of hydrogen-bond acceptors (Lipinski definition) is 2. The van der Waals surface area contributed by atoms with Crippen LogP contribution in [0.25, 0.3) is 5.69 Å². The van der Waals surface area contributed by atoms with Crippen LogP contribution in [0.5, 0.6) is 0 Å². The molecule has 1 aromatic carbocycles. The lowest BCUT2D eigenvalue weighted by molar-refractivity contribution is 0.246. The molecule has 1 aliphatic rings. The van der Waals surface area contributed by atoms with Crippen LogP contribution in [-0.4, -0.2) is 28.3 Å². The van der Waals surface area contributed by atoms with E-state index in [-0.39, 0.29) is 5.82 Å². The fourth-order valence-electron chi connectivity index (χ4n) is 2.96. The molecule has 0 saturated carbocycles. The van der Waals surface area contributed by atoms with E-state index in [0.29, 0.717) is 17.2 Å². The monoisotopic (exact) mass is 399 g/mol. The summed E-state index contributed by atoms with van der Waals surface area (Å²) in [6.45, 7) is 6.85. The molecule has 0 spiro atoms. The second kappa shape index (κ2) is 5.35. The minimum absolute atomic E-state index is 0.126. The zero-order chi connectivity index (χ0) is 15.3. The van der Waals surface area contributed by atoms with Crippen LogP contribution in [0.2, 0.25) is 0 Å². The van der Waals surface area contributed by atoms with Crippen LogP contribution < -0.4 is 0 Å². The molecule has 2 heterocycles. The highest BCUT2D eigenvalue weighted by Crippen LogP contribution is 2.33. The number of aromatic nitrogens is 2. The third-order valence-electron chi connectivity index (χ3n) is 4.39. The SMILES string of the molecule is Cc1cc(-n2nc3c(c2I)[C@H](C)N(C)CC3)cc(C)c1F. The first-order valence-corrected chi connectivity index (χ1v) is 8.22. The van der Waals surface area contributed by atoms with E-state index in [4.69, 9.17) is 5.10 Å². The van der Waals surface area contributed by atoms with Crippen LogP contribution in [0.3, 0.4) is 0 Å². The van der Waals surface area contributed by atoms with Crippen molar-refractivity contribution in [3.8, 4) is 5.69 Å². The summed E-state index contributed by atoms with van der Waals surface area (Å²) in [7, 11) is 2.15. The highest BCUT2D eigenvalue weighted by molar-refractivity contribution is 14.1. The Morgan fingerprint density at radius 3 is 2.52 bits per heavy atom. The van der Waals surface area contributed by atoms with E-state index in [2.05, 4.69) is 41.5 Å². The van der Waals surface area contributed by atoms with Crippen molar-refractivity contribution in [1.29, 1.82) is 0 Å². The summed E-state index contributed by atoms with van der Waals surface area (Å²) in [6, 6.07) is 4.12. The summed E-state index contributed by atoms with van der Waals surface area (Å²) in [4.78, 5) is 2.34. The number of aryl methyl sites for hydroxylation is 2. The predicted octanol–water partition coefficient (Wildman–Crippen LogP) is 3.78. The number of fused-ring (bicyclic) bond motifs is 1. The third-order valence-corrected chi connectivity index (χ3v) is 5.42. The van der Waals surface area contributed by atoms with Crippen molar-refractivity contribution in [3.63, 3.8) is 0 Å². The van der Waals surface area contributed by atoms with Gasteiger partial charge in [0.05, 0.1) is 11.4 Å². The fourth-order valence-corrected chi connectivity index (χ4v) is 4.11. The molecule has 0 saturated heterocycles. The van der Waals surface area contributed by atoms with Gasteiger partial charge in [-0.1, -0.05) is 0 Å². The standard InChI is InChI=1S/C16H19FIN3/c1-9-7-12(8-10(2)15(9)17)21-16(18)14-11(3)20(4)6-5-13(14)19-21/h7-8,11H,5-6H2,1-4H3/t11-/m0/s1. The molecule has 0 aliphatic carbocycles. The van der Waals surface area contributed by atoms with E-state index < -0.39 is 0 Å². The molecular formula is C16H19FIN3. The highest BCUT2D eigenvalue weighted by Gasteiger charge is 2.28. The Morgan fingerprint density at radius 2 is 1.90 bits per heavy atom. The quantitative estimate of drug-likeness (QED) is 0.681. The first-order chi connectivity index (χ1) is 9.90. The lowest BCUT2D eigenvalue weighted by Crippen LogP contribution is -2.30. The van der Waals surface area contributed by atoms with Gasteiger partial charge < -0.3 is 0 Å². The Morgan fingerprint density at radius 1 is 1.29 bits per heavy atom. The van der Waals surface area contributed by atoms with Crippen molar-refractivity contribution in [2.75, 3.05) is 13.6 Å². The zero-order valence-corrected chi connectivity index (χ0v) is 14.9. The number of halogens is 2. The van der Waals surface area contributed by atoms with E-state index >= 15 is 0 Å². The number of likely N-dealkylation sites (N-methyl/N-ethyl adjacent to an activating group) is 1. The van der Waals surface area contributed by atoms with Crippen molar-refractivity contribution in [1.82, 2.24) is 14.7 Å². The fraction of sp³-hybridized carbons (Fsp3) is 0.438. The van der Waals surface area contributed by atoms with Crippen molar-refractivity contribution in [3.05, 3.63) is 44.0 Å². The second-order valence-corrected chi connectivity index (χ2v) is 6.88. The maximum atomic E-state index is 13.8. The Hall–Kier alpha value is -0.950. The zero-order valence-electron chi connectivity index (χ0n) is 12.7. The molecule has 5 heteroatoms. The first-order valence-electron chi connectivity index (χ1n) is 7.14. The molecule has 0 fully saturated rings. The van der Waals surface area contributed by atoms with Crippen molar-refractivity contribution in [2.24, 2.45) is 0 Å². The molecule has 2 aromatic rings. The van der Waals surface area contributed by atoms with Gasteiger partial charge in [0.25, 0.3) is 0 Å². The van der Waals surface area contributed by atoms with E-state index in [9.17, 15) is 4.39 Å². The molecule has 21 heavy (non-hydrogen) atoms. The third kappa shape index (κ3) is 2.40.